The lowest BCUT2D eigenvalue weighted by molar-refractivity contribution is 0.252. The summed E-state index contributed by atoms with van der Waals surface area (Å²) in [5.41, 5.74) is 2.50. The first-order chi connectivity index (χ1) is 10.4. The van der Waals surface area contributed by atoms with Gasteiger partial charge in [-0.25, -0.2) is 0 Å². The van der Waals surface area contributed by atoms with Crippen molar-refractivity contribution in [3.8, 4) is 0 Å². The summed E-state index contributed by atoms with van der Waals surface area (Å²) in [5, 5.41) is 3.56. The Morgan fingerprint density at radius 2 is 1.76 bits per heavy atom. The quantitative estimate of drug-likeness (QED) is 0.852. The summed E-state index contributed by atoms with van der Waals surface area (Å²) < 4.78 is 0. The molecule has 1 aliphatic rings. The SMILES string of the molecule is C(=NCCN1CCNC1c1ccccc1)c1ccccc1. The number of hydrogen-bond acceptors (Lipinski definition) is 3. The zero-order valence-corrected chi connectivity index (χ0v) is 12.2. The average molecular weight is 279 g/mol. The highest BCUT2D eigenvalue weighted by Gasteiger charge is 2.24. The van der Waals surface area contributed by atoms with Crippen molar-refractivity contribution in [2.24, 2.45) is 4.99 Å². The second kappa shape index (κ2) is 7.16. The van der Waals surface area contributed by atoms with Crippen LogP contribution in [0.25, 0.3) is 0 Å². The molecule has 108 valence electrons. The number of rotatable bonds is 5. The van der Waals surface area contributed by atoms with Crippen molar-refractivity contribution in [1.82, 2.24) is 10.2 Å². The number of hydrogen-bond donors (Lipinski definition) is 1. The van der Waals surface area contributed by atoms with E-state index in [-0.39, 0.29) is 0 Å². The van der Waals surface area contributed by atoms with Gasteiger partial charge in [0.05, 0.1) is 12.7 Å². The number of aliphatic imine (C=N–C) groups is 1. The van der Waals surface area contributed by atoms with Crippen molar-refractivity contribution in [2.75, 3.05) is 26.2 Å². The van der Waals surface area contributed by atoms with Crippen molar-refractivity contribution in [2.45, 2.75) is 6.17 Å². The lowest BCUT2D eigenvalue weighted by atomic mass is 10.1. The van der Waals surface area contributed by atoms with Crippen molar-refractivity contribution in [3.63, 3.8) is 0 Å². The van der Waals surface area contributed by atoms with E-state index in [4.69, 9.17) is 0 Å². The van der Waals surface area contributed by atoms with Gasteiger partial charge in [-0.15, -0.1) is 0 Å². The molecule has 3 heteroatoms. The molecule has 21 heavy (non-hydrogen) atoms. The van der Waals surface area contributed by atoms with Gasteiger partial charge in [-0.2, -0.15) is 0 Å². The summed E-state index contributed by atoms with van der Waals surface area (Å²) >= 11 is 0. The maximum atomic E-state index is 4.54. The fraction of sp³-hybridized carbons (Fsp3) is 0.278. The summed E-state index contributed by atoms with van der Waals surface area (Å²) in [6.45, 7) is 3.94. The van der Waals surface area contributed by atoms with Crippen molar-refractivity contribution < 1.29 is 0 Å². The lowest BCUT2D eigenvalue weighted by Gasteiger charge is -2.23. The maximum absolute atomic E-state index is 4.54. The first kappa shape index (κ1) is 14.0. The Bertz CT molecular complexity index is 566. The number of nitrogens with one attached hydrogen (secondary N) is 1. The van der Waals surface area contributed by atoms with Gasteiger partial charge >= 0.3 is 0 Å². The third-order valence-corrected chi connectivity index (χ3v) is 3.77. The van der Waals surface area contributed by atoms with E-state index >= 15 is 0 Å². The Morgan fingerprint density at radius 1 is 1.05 bits per heavy atom. The second-order valence-corrected chi connectivity index (χ2v) is 5.25. The molecule has 3 nitrogen and oxygen atoms in total. The van der Waals surface area contributed by atoms with E-state index in [0.29, 0.717) is 6.17 Å². The normalized spacial score (nSPS) is 19.3. The molecule has 3 rings (SSSR count). The average Bonchev–Trinajstić information content (AvgIpc) is 3.02. The molecule has 0 bridgehead atoms. The van der Waals surface area contributed by atoms with Crippen molar-refractivity contribution >= 4 is 6.21 Å². The lowest BCUT2D eigenvalue weighted by Crippen LogP contribution is -2.29. The third kappa shape index (κ3) is 3.78. The fourth-order valence-electron chi connectivity index (χ4n) is 2.70. The Morgan fingerprint density at radius 3 is 2.52 bits per heavy atom. The summed E-state index contributed by atoms with van der Waals surface area (Å²) in [5.74, 6) is 0. The molecule has 1 fully saturated rings. The molecule has 2 aromatic rings. The van der Waals surface area contributed by atoms with Gasteiger partial charge < -0.3 is 0 Å². The molecule has 0 aliphatic carbocycles. The molecule has 1 N–H and O–H groups in total. The van der Waals surface area contributed by atoms with Gasteiger partial charge in [0.2, 0.25) is 0 Å². The number of benzene rings is 2. The van der Waals surface area contributed by atoms with Crippen molar-refractivity contribution in [1.29, 1.82) is 0 Å². The molecule has 1 heterocycles. The van der Waals surface area contributed by atoms with Crippen LogP contribution < -0.4 is 5.32 Å². The van der Waals surface area contributed by atoms with Crippen LogP contribution in [0, 0.1) is 0 Å². The Labute approximate surface area is 126 Å². The predicted molar refractivity (Wildman–Crippen MR) is 87.7 cm³/mol. The molecule has 1 aliphatic heterocycles. The van der Waals surface area contributed by atoms with Crippen LogP contribution in [0.2, 0.25) is 0 Å². The van der Waals surface area contributed by atoms with E-state index in [1.807, 2.05) is 24.4 Å². The highest BCUT2D eigenvalue weighted by atomic mass is 15.3. The van der Waals surface area contributed by atoms with Gasteiger partial charge in [0, 0.05) is 25.8 Å². The summed E-state index contributed by atoms with van der Waals surface area (Å²) in [7, 11) is 0. The summed E-state index contributed by atoms with van der Waals surface area (Å²) in [6, 6.07) is 20.9. The van der Waals surface area contributed by atoms with Gasteiger partial charge in [0.15, 0.2) is 0 Å². The Hall–Kier alpha value is -1.97. The smallest absolute Gasteiger partial charge is 0.0862 e. The second-order valence-electron chi connectivity index (χ2n) is 5.25. The topological polar surface area (TPSA) is 27.6 Å². The molecule has 1 atom stereocenters. The summed E-state index contributed by atoms with van der Waals surface area (Å²) in [6.07, 6.45) is 2.29. The molecular weight excluding hydrogens is 258 g/mol. The van der Waals surface area contributed by atoms with Crippen LogP contribution in [-0.2, 0) is 0 Å². The largest absolute Gasteiger partial charge is 0.297 e. The molecule has 0 spiro atoms. The van der Waals surface area contributed by atoms with Crippen LogP contribution in [0.15, 0.2) is 65.7 Å². The molecule has 0 aromatic heterocycles. The van der Waals surface area contributed by atoms with Gasteiger partial charge in [-0.1, -0.05) is 60.7 Å². The van der Waals surface area contributed by atoms with E-state index < -0.39 is 0 Å². The minimum Gasteiger partial charge on any atom is -0.297 e. The minimum atomic E-state index is 0.332. The van der Waals surface area contributed by atoms with Gasteiger partial charge in [0.25, 0.3) is 0 Å². The minimum absolute atomic E-state index is 0.332. The van der Waals surface area contributed by atoms with Gasteiger partial charge in [0.1, 0.15) is 0 Å². The molecular formula is C18H21N3. The monoisotopic (exact) mass is 279 g/mol. The van der Waals surface area contributed by atoms with Crippen molar-refractivity contribution in [3.05, 3.63) is 71.8 Å². The molecule has 0 saturated carbocycles. The van der Waals surface area contributed by atoms with Gasteiger partial charge in [-0.3, -0.25) is 15.2 Å². The molecule has 0 radical (unpaired) electrons. The third-order valence-electron chi connectivity index (χ3n) is 3.77. The zero-order valence-electron chi connectivity index (χ0n) is 12.2. The van der Waals surface area contributed by atoms with E-state index in [0.717, 1.165) is 31.7 Å². The van der Waals surface area contributed by atoms with E-state index in [1.165, 1.54) is 5.56 Å². The molecule has 0 amide bonds. The molecule has 1 saturated heterocycles. The first-order valence-corrected chi connectivity index (χ1v) is 7.51. The highest BCUT2D eigenvalue weighted by molar-refractivity contribution is 5.79. The highest BCUT2D eigenvalue weighted by Crippen LogP contribution is 2.20. The van der Waals surface area contributed by atoms with Gasteiger partial charge in [-0.05, 0) is 11.1 Å². The first-order valence-electron chi connectivity index (χ1n) is 7.51. The van der Waals surface area contributed by atoms with Crippen LogP contribution >= 0.6 is 0 Å². The summed E-state index contributed by atoms with van der Waals surface area (Å²) in [4.78, 5) is 6.99. The zero-order chi connectivity index (χ0) is 14.3. The number of nitrogens with zero attached hydrogens (tertiary/aromatic N) is 2. The fourth-order valence-corrected chi connectivity index (χ4v) is 2.70. The standard InChI is InChI=1S/C18H21N3/c1-3-7-16(8-4-1)15-19-11-13-21-14-12-20-18(21)17-9-5-2-6-10-17/h1-10,15,18,20H,11-14H2. The van der Waals surface area contributed by atoms with Crippen LogP contribution in [0.3, 0.4) is 0 Å². The molecule has 2 aromatic carbocycles. The Balaban J connectivity index is 1.54. The van der Waals surface area contributed by atoms with E-state index in [1.54, 1.807) is 0 Å². The van der Waals surface area contributed by atoms with Crippen LogP contribution in [0.1, 0.15) is 17.3 Å². The van der Waals surface area contributed by atoms with Crippen LogP contribution in [0.5, 0.6) is 0 Å². The Kier molecular flexibility index (Phi) is 4.77. The van der Waals surface area contributed by atoms with E-state index in [2.05, 4.69) is 57.7 Å². The maximum Gasteiger partial charge on any atom is 0.0862 e. The van der Waals surface area contributed by atoms with Crippen LogP contribution in [-0.4, -0.2) is 37.3 Å². The van der Waals surface area contributed by atoms with Crippen LogP contribution in [0.4, 0.5) is 0 Å². The molecule has 1 unspecified atom stereocenters. The predicted octanol–water partition coefficient (Wildman–Crippen LogP) is 2.71. The van der Waals surface area contributed by atoms with E-state index in [9.17, 15) is 0 Å².